The summed E-state index contributed by atoms with van der Waals surface area (Å²) in [5.41, 5.74) is 0. The Morgan fingerprint density at radius 1 is 1.41 bits per heavy atom. The molecule has 2 rings (SSSR count). The predicted molar refractivity (Wildman–Crippen MR) is 58.2 cm³/mol. The summed E-state index contributed by atoms with van der Waals surface area (Å²) >= 11 is 0. The van der Waals surface area contributed by atoms with E-state index in [2.05, 4.69) is 20.4 Å². The first-order chi connectivity index (χ1) is 8.08. The van der Waals surface area contributed by atoms with E-state index in [1.54, 1.807) is 29.7 Å². The summed E-state index contributed by atoms with van der Waals surface area (Å²) in [6, 6.07) is 0. The van der Waals surface area contributed by atoms with Gasteiger partial charge in [0.2, 0.25) is 12.1 Å². The van der Waals surface area contributed by atoms with Crippen LogP contribution < -0.4 is 5.32 Å². The second kappa shape index (κ2) is 4.20. The van der Waals surface area contributed by atoms with Crippen LogP contribution in [0.5, 0.6) is 0 Å². The number of imidazole rings is 1. The lowest BCUT2D eigenvalue weighted by Crippen LogP contribution is -2.07. The molecule has 0 aromatic carbocycles. The molecule has 0 aliphatic heterocycles. The van der Waals surface area contributed by atoms with E-state index < -0.39 is 4.92 Å². The van der Waals surface area contributed by atoms with Crippen molar-refractivity contribution in [2.75, 3.05) is 5.32 Å². The van der Waals surface area contributed by atoms with Gasteiger partial charge in [-0.15, -0.1) is 0 Å². The number of aromatic nitrogens is 5. The van der Waals surface area contributed by atoms with Crippen molar-refractivity contribution in [1.82, 2.24) is 24.3 Å². The van der Waals surface area contributed by atoms with Crippen molar-refractivity contribution in [3.63, 3.8) is 0 Å². The molecule has 9 heteroatoms. The molecule has 2 heterocycles. The topological polar surface area (TPSA) is 104 Å². The number of nitrogens with zero attached hydrogens (tertiary/aromatic N) is 6. The molecule has 2 aromatic rings. The maximum absolute atomic E-state index is 10.7. The molecule has 1 N–H and O–H groups in total. The Labute approximate surface area is 96.3 Å². The van der Waals surface area contributed by atoms with E-state index in [0.717, 1.165) is 0 Å². The predicted octanol–water partition coefficient (Wildman–Crippen LogP) is 0.0689. The van der Waals surface area contributed by atoms with E-state index >= 15 is 0 Å². The molecule has 0 amide bonds. The number of hydrogen-bond acceptors (Lipinski definition) is 6. The molecular weight excluding hydrogens is 226 g/mol. The molecule has 0 saturated carbocycles. The second-order valence-electron chi connectivity index (χ2n) is 3.47. The monoisotopic (exact) mass is 237 g/mol. The molecule has 17 heavy (non-hydrogen) atoms. The van der Waals surface area contributed by atoms with Crippen molar-refractivity contribution >= 4 is 11.6 Å². The van der Waals surface area contributed by atoms with Crippen LogP contribution in [0.25, 0.3) is 0 Å². The highest BCUT2D eigenvalue weighted by molar-refractivity contribution is 5.51. The van der Waals surface area contributed by atoms with Gasteiger partial charge in [-0.1, -0.05) is 0 Å². The van der Waals surface area contributed by atoms with E-state index in [4.69, 9.17) is 0 Å². The van der Waals surface area contributed by atoms with Gasteiger partial charge in [0.05, 0.1) is 6.54 Å². The summed E-state index contributed by atoms with van der Waals surface area (Å²) in [6.45, 7) is 0.307. The van der Waals surface area contributed by atoms with Crippen LogP contribution in [0.2, 0.25) is 0 Å². The third kappa shape index (κ3) is 2.22. The zero-order valence-corrected chi connectivity index (χ0v) is 9.36. The van der Waals surface area contributed by atoms with Gasteiger partial charge in [0.25, 0.3) is 0 Å². The minimum atomic E-state index is -0.534. The van der Waals surface area contributed by atoms with E-state index in [-0.39, 0.29) is 5.82 Å². The number of rotatable bonds is 4. The summed E-state index contributed by atoms with van der Waals surface area (Å²) in [5, 5.41) is 17.7. The fourth-order valence-electron chi connectivity index (χ4n) is 1.38. The quantitative estimate of drug-likeness (QED) is 0.596. The molecule has 0 fully saturated rings. The molecule has 0 aliphatic carbocycles. The number of anilines is 1. The third-order valence-corrected chi connectivity index (χ3v) is 2.15. The largest absolute Gasteiger partial charge is 0.406 e. The van der Waals surface area contributed by atoms with Gasteiger partial charge in [-0.2, -0.15) is 5.10 Å². The Balaban J connectivity index is 2.13. The zero-order valence-electron chi connectivity index (χ0n) is 9.36. The van der Waals surface area contributed by atoms with Crippen LogP contribution in [0.3, 0.4) is 0 Å². The van der Waals surface area contributed by atoms with E-state index in [1.165, 1.54) is 6.33 Å². The summed E-state index contributed by atoms with van der Waals surface area (Å²) in [4.78, 5) is 17.9. The van der Waals surface area contributed by atoms with Crippen molar-refractivity contribution in [3.8, 4) is 0 Å². The molecule has 0 aliphatic rings. The smallest absolute Gasteiger partial charge is 0.358 e. The van der Waals surface area contributed by atoms with E-state index in [0.29, 0.717) is 18.2 Å². The average Bonchev–Trinajstić information content (AvgIpc) is 2.82. The van der Waals surface area contributed by atoms with Crippen LogP contribution in [0.4, 0.5) is 11.6 Å². The SMILES string of the molecule is Cn1cnc(CNc2c([N+](=O)[O-])ncn2C)n1. The van der Waals surface area contributed by atoms with E-state index in [9.17, 15) is 10.1 Å². The van der Waals surface area contributed by atoms with Crippen LogP contribution in [0, 0.1) is 10.1 Å². The highest BCUT2D eigenvalue weighted by Gasteiger charge is 2.19. The first-order valence-corrected chi connectivity index (χ1v) is 4.82. The summed E-state index contributed by atoms with van der Waals surface area (Å²) in [6.07, 6.45) is 2.95. The first kappa shape index (κ1) is 11.0. The minimum absolute atomic E-state index is 0.205. The van der Waals surface area contributed by atoms with Gasteiger partial charge in [-0.3, -0.25) is 9.25 Å². The summed E-state index contributed by atoms with van der Waals surface area (Å²) in [7, 11) is 3.43. The van der Waals surface area contributed by atoms with Gasteiger partial charge in [-0.25, -0.2) is 4.98 Å². The van der Waals surface area contributed by atoms with Crippen molar-refractivity contribution in [1.29, 1.82) is 0 Å². The summed E-state index contributed by atoms with van der Waals surface area (Å²) in [5.74, 6) is 0.689. The van der Waals surface area contributed by atoms with Gasteiger partial charge >= 0.3 is 5.82 Å². The molecule has 0 bridgehead atoms. The van der Waals surface area contributed by atoms with Crippen molar-refractivity contribution in [2.45, 2.75) is 6.54 Å². The van der Waals surface area contributed by atoms with Gasteiger partial charge in [0.1, 0.15) is 6.33 Å². The molecule has 2 aromatic heterocycles. The molecule has 0 atom stereocenters. The van der Waals surface area contributed by atoms with Crippen molar-refractivity contribution in [3.05, 3.63) is 28.6 Å². The van der Waals surface area contributed by atoms with Crippen LogP contribution in [0.15, 0.2) is 12.7 Å². The van der Waals surface area contributed by atoms with Crippen LogP contribution >= 0.6 is 0 Å². The highest BCUT2D eigenvalue weighted by Crippen LogP contribution is 2.21. The Bertz CT molecular complexity index is 544. The summed E-state index contributed by atoms with van der Waals surface area (Å²) < 4.78 is 3.11. The Kier molecular flexibility index (Phi) is 2.73. The Morgan fingerprint density at radius 3 is 2.76 bits per heavy atom. The van der Waals surface area contributed by atoms with Gasteiger partial charge in [0, 0.05) is 14.1 Å². The fourth-order valence-corrected chi connectivity index (χ4v) is 1.38. The van der Waals surface area contributed by atoms with Gasteiger partial charge < -0.3 is 15.4 Å². The zero-order chi connectivity index (χ0) is 12.4. The van der Waals surface area contributed by atoms with Crippen LogP contribution in [-0.4, -0.2) is 29.2 Å². The molecule has 9 nitrogen and oxygen atoms in total. The molecule has 0 radical (unpaired) electrons. The maximum atomic E-state index is 10.7. The third-order valence-electron chi connectivity index (χ3n) is 2.15. The van der Waals surface area contributed by atoms with Crippen molar-refractivity contribution < 1.29 is 4.92 Å². The molecule has 0 spiro atoms. The lowest BCUT2D eigenvalue weighted by molar-refractivity contribution is -0.388. The number of nitrogens with one attached hydrogen (secondary N) is 1. The number of nitro groups is 1. The van der Waals surface area contributed by atoms with Gasteiger partial charge in [0.15, 0.2) is 5.82 Å². The average molecular weight is 237 g/mol. The normalized spacial score (nSPS) is 10.5. The fraction of sp³-hybridized carbons (Fsp3) is 0.375. The first-order valence-electron chi connectivity index (χ1n) is 4.82. The standard InChI is InChI=1S/C8H11N7O2/c1-13-4-11-8(15(16)17)7(13)9-3-6-10-5-14(2)12-6/h4-5,9H,3H2,1-2H3. The van der Waals surface area contributed by atoms with Gasteiger partial charge in [-0.05, 0) is 9.91 Å². The molecule has 0 saturated heterocycles. The van der Waals surface area contributed by atoms with Crippen LogP contribution in [-0.2, 0) is 20.6 Å². The van der Waals surface area contributed by atoms with E-state index in [1.807, 2.05) is 0 Å². The van der Waals surface area contributed by atoms with Crippen LogP contribution in [0.1, 0.15) is 5.82 Å². The molecule has 0 unspecified atom stereocenters. The number of aryl methyl sites for hydroxylation is 2. The lowest BCUT2D eigenvalue weighted by Gasteiger charge is -2.03. The Hall–Kier alpha value is -2.45. The number of hydrogen-bond donors (Lipinski definition) is 1. The second-order valence-corrected chi connectivity index (χ2v) is 3.47. The molecule has 90 valence electrons. The van der Waals surface area contributed by atoms with Crippen molar-refractivity contribution in [2.24, 2.45) is 14.1 Å². The minimum Gasteiger partial charge on any atom is -0.358 e. The maximum Gasteiger partial charge on any atom is 0.406 e. The molecular formula is C8H11N7O2. The Morgan fingerprint density at radius 2 is 2.18 bits per heavy atom. The lowest BCUT2D eigenvalue weighted by atomic mass is 10.5. The highest BCUT2D eigenvalue weighted by atomic mass is 16.6.